The SMILES string of the molecule is CCN(CC)c1nc(CC(C)(C)C)c(/C=C2/C(=O)N(C)C(=O)C(C#N)=C2C)s1. The lowest BCUT2D eigenvalue weighted by atomic mass is 9.89. The first-order valence-corrected chi connectivity index (χ1v) is 10.3. The predicted octanol–water partition coefficient (Wildman–Crippen LogP) is 3.80. The molecule has 2 rings (SSSR count). The number of aromatic nitrogens is 1. The summed E-state index contributed by atoms with van der Waals surface area (Å²) in [4.78, 5) is 33.9. The van der Waals surface area contributed by atoms with Crippen LogP contribution in [0.4, 0.5) is 5.13 Å². The van der Waals surface area contributed by atoms with E-state index in [0.717, 1.165) is 40.1 Å². The highest BCUT2D eigenvalue weighted by molar-refractivity contribution is 7.16. The van der Waals surface area contributed by atoms with Crippen molar-refractivity contribution in [1.29, 1.82) is 5.26 Å². The molecule has 1 aliphatic rings. The molecule has 2 amide bonds. The normalized spacial score (nSPS) is 16.8. The van der Waals surface area contributed by atoms with E-state index in [-0.39, 0.29) is 16.9 Å². The summed E-state index contributed by atoms with van der Waals surface area (Å²) in [5.41, 5.74) is 1.79. The Hall–Kier alpha value is -2.46. The van der Waals surface area contributed by atoms with E-state index in [1.54, 1.807) is 24.3 Å². The molecule has 6 nitrogen and oxygen atoms in total. The van der Waals surface area contributed by atoms with Crippen LogP contribution in [0.2, 0.25) is 0 Å². The predicted molar refractivity (Wildman–Crippen MR) is 113 cm³/mol. The molecule has 0 N–H and O–H groups in total. The van der Waals surface area contributed by atoms with Crippen LogP contribution >= 0.6 is 11.3 Å². The molecule has 0 bridgehead atoms. The van der Waals surface area contributed by atoms with Gasteiger partial charge >= 0.3 is 0 Å². The molecule has 0 saturated heterocycles. The van der Waals surface area contributed by atoms with Crippen molar-refractivity contribution in [1.82, 2.24) is 9.88 Å². The van der Waals surface area contributed by atoms with Crippen molar-refractivity contribution >= 4 is 34.4 Å². The summed E-state index contributed by atoms with van der Waals surface area (Å²) in [6.07, 6.45) is 2.56. The monoisotopic (exact) mass is 400 g/mol. The Labute approximate surface area is 171 Å². The fourth-order valence-corrected chi connectivity index (χ4v) is 4.20. The number of anilines is 1. The number of thiazole rings is 1. The van der Waals surface area contributed by atoms with E-state index in [0.29, 0.717) is 11.1 Å². The first kappa shape index (κ1) is 21.8. The average Bonchev–Trinajstić information content (AvgIpc) is 2.99. The van der Waals surface area contributed by atoms with Gasteiger partial charge in [-0.2, -0.15) is 5.26 Å². The van der Waals surface area contributed by atoms with Crippen molar-refractivity contribution in [3.05, 3.63) is 27.3 Å². The van der Waals surface area contributed by atoms with Crippen LogP contribution < -0.4 is 4.90 Å². The Morgan fingerprint density at radius 2 is 1.82 bits per heavy atom. The number of hydrogen-bond donors (Lipinski definition) is 0. The highest BCUT2D eigenvalue weighted by Crippen LogP contribution is 2.34. The maximum absolute atomic E-state index is 12.7. The van der Waals surface area contributed by atoms with Gasteiger partial charge in [0.05, 0.1) is 10.6 Å². The van der Waals surface area contributed by atoms with E-state index in [2.05, 4.69) is 39.5 Å². The third kappa shape index (κ3) is 4.33. The fraction of sp³-hybridized carbons (Fsp3) is 0.524. The van der Waals surface area contributed by atoms with E-state index in [1.165, 1.54) is 7.05 Å². The van der Waals surface area contributed by atoms with E-state index >= 15 is 0 Å². The summed E-state index contributed by atoms with van der Waals surface area (Å²) in [6.45, 7) is 14.0. The quantitative estimate of drug-likeness (QED) is 0.555. The number of imide groups is 1. The zero-order valence-corrected chi connectivity index (χ0v) is 18.5. The Morgan fingerprint density at radius 1 is 1.21 bits per heavy atom. The highest BCUT2D eigenvalue weighted by Gasteiger charge is 2.33. The van der Waals surface area contributed by atoms with Crippen LogP contribution in [0.25, 0.3) is 6.08 Å². The lowest BCUT2D eigenvalue weighted by Crippen LogP contribution is -2.39. The highest BCUT2D eigenvalue weighted by atomic mass is 32.1. The molecule has 0 fully saturated rings. The maximum Gasteiger partial charge on any atom is 0.271 e. The summed E-state index contributed by atoms with van der Waals surface area (Å²) in [5, 5.41) is 10.3. The molecule has 0 spiro atoms. The molecule has 0 unspecified atom stereocenters. The molecule has 1 aromatic heterocycles. The van der Waals surface area contributed by atoms with Crippen molar-refractivity contribution in [3.63, 3.8) is 0 Å². The number of carbonyl (C=O) groups is 2. The van der Waals surface area contributed by atoms with Crippen molar-refractivity contribution in [3.8, 4) is 6.07 Å². The summed E-state index contributed by atoms with van der Waals surface area (Å²) < 4.78 is 0. The van der Waals surface area contributed by atoms with Gasteiger partial charge in [-0.25, -0.2) is 4.98 Å². The molecule has 7 heteroatoms. The fourth-order valence-electron chi connectivity index (χ4n) is 3.05. The summed E-state index contributed by atoms with van der Waals surface area (Å²) in [7, 11) is 1.41. The average molecular weight is 401 g/mol. The van der Waals surface area contributed by atoms with Gasteiger partial charge in [0.2, 0.25) is 0 Å². The second-order valence-corrected chi connectivity index (χ2v) is 9.07. The summed E-state index contributed by atoms with van der Waals surface area (Å²) >= 11 is 1.54. The van der Waals surface area contributed by atoms with Gasteiger partial charge in [-0.1, -0.05) is 32.1 Å². The van der Waals surface area contributed by atoms with Crippen molar-refractivity contribution in [2.45, 2.75) is 48.0 Å². The van der Waals surface area contributed by atoms with E-state index in [4.69, 9.17) is 4.98 Å². The van der Waals surface area contributed by atoms with Gasteiger partial charge in [-0.05, 0) is 44.3 Å². The van der Waals surface area contributed by atoms with Crippen LogP contribution in [0.15, 0.2) is 16.7 Å². The molecule has 0 aliphatic carbocycles. The number of carbonyl (C=O) groups excluding carboxylic acids is 2. The number of amides is 2. The van der Waals surface area contributed by atoms with E-state index < -0.39 is 5.91 Å². The van der Waals surface area contributed by atoms with Crippen LogP contribution in [-0.4, -0.2) is 41.8 Å². The largest absolute Gasteiger partial charge is 0.349 e. The second-order valence-electron chi connectivity index (χ2n) is 8.06. The zero-order valence-electron chi connectivity index (χ0n) is 17.7. The molecule has 1 aliphatic heterocycles. The van der Waals surface area contributed by atoms with Gasteiger partial charge in [0, 0.05) is 25.7 Å². The molecular formula is C21H28N4O2S. The van der Waals surface area contributed by atoms with Gasteiger partial charge in [0.25, 0.3) is 11.8 Å². The minimum absolute atomic E-state index is 0.0132. The topological polar surface area (TPSA) is 77.3 Å². The Bertz CT molecular complexity index is 892. The lowest BCUT2D eigenvalue weighted by Gasteiger charge is -2.23. The number of rotatable bonds is 5. The van der Waals surface area contributed by atoms with Gasteiger partial charge in [0.15, 0.2) is 5.13 Å². The standard InChI is InChI=1S/C21H28N4O2S/c1-8-25(9-2)20-23-16(11-21(4,5)6)17(28-20)10-14-13(3)15(12-22)19(27)24(7)18(14)26/h10H,8-9,11H2,1-7H3/b14-10+. The maximum atomic E-state index is 12.7. The van der Waals surface area contributed by atoms with Gasteiger partial charge in [-0.15, -0.1) is 0 Å². The second kappa shape index (κ2) is 8.27. The third-order valence-electron chi connectivity index (χ3n) is 4.67. The molecule has 0 aromatic carbocycles. The first-order valence-electron chi connectivity index (χ1n) is 9.44. The van der Waals surface area contributed by atoms with Crippen LogP contribution in [-0.2, 0) is 16.0 Å². The Balaban J connectivity index is 2.65. The van der Waals surface area contributed by atoms with Gasteiger partial charge in [0.1, 0.15) is 11.6 Å². The molecule has 0 atom stereocenters. The van der Waals surface area contributed by atoms with E-state index in [9.17, 15) is 14.9 Å². The summed E-state index contributed by atoms with van der Waals surface area (Å²) in [5.74, 6) is -0.939. The Kier molecular flexibility index (Phi) is 6.45. The minimum atomic E-state index is -0.551. The number of hydrogen-bond acceptors (Lipinski definition) is 6. The summed E-state index contributed by atoms with van der Waals surface area (Å²) in [6, 6.07) is 1.94. The van der Waals surface area contributed by atoms with E-state index in [1.807, 2.05) is 6.07 Å². The minimum Gasteiger partial charge on any atom is -0.349 e. The molecule has 0 saturated carbocycles. The smallest absolute Gasteiger partial charge is 0.271 e. The van der Waals surface area contributed by atoms with Gasteiger partial charge in [-0.3, -0.25) is 14.5 Å². The molecular weight excluding hydrogens is 372 g/mol. The number of nitrogens with zero attached hydrogens (tertiary/aromatic N) is 4. The molecule has 28 heavy (non-hydrogen) atoms. The van der Waals surface area contributed by atoms with Crippen LogP contribution in [0, 0.1) is 16.7 Å². The van der Waals surface area contributed by atoms with Crippen molar-refractivity contribution in [2.24, 2.45) is 5.41 Å². The molecule has 0 radical (unpaired) electrons. The van der Waals surface area contributed by atoms with Crippen molar-refractivity contribution < 1.29 is 9.59 Å². The molecule has 150 valence electrons. The third-order valence-corrected chi connectivity index (χ3v) is 5.77. The van der Waals surface area contributed by atoms with Crippen LogP contribution in [0.1, 0.15) is 52.1 Å². The van der Waals surface area contributed by atoms with Crippen molar-refractivity contribution in [2.75, 3.05) is 25.0 Å². The number of nitriles is 1. The van der Waals surface area contributed by atoms with Crippen LogP contribution in [0.3, 0.4) is 0 Å². The Morgan fingerprint density at radius 3 is 2.32 bits per heavy atom. The van der Waals surface area contributed by atoms with Crippen LogP contribution in [0.5, 0.6) is 0 Å². The number of likely N-dealkylation sites (N-methyl/N-ethyl adjacent to an activating group) is 1. The molecule has 2 heterocycles. The molecule has 1 aromatic rings. The van der Waals surface area contributed by atoms with Gasteiger partial charge < -0.3 is 4.90 Å². The zero-order chi connectivity index (χ0) is 21.2. The lowest BCUT2D eigenvalue weighted by molar-refractivity contribution is -0.138. The first-order chi connectivity index (χ1) is 13.0.